The van der Waals surface area contributed by atoms with Crippen LogP contribution in [0.1, 0.15) is 57.6 Å². The standard InChI is InChI=1S/C28H27F6N5O3S2/c1-2-38-6-5-16-10-20(18(15-3-4-15)9-17(16)13-38)36-26-35-12-19(28(32,33)34)23(37-26)21-11-22-24(43-21)25(40)39(14-27(29,30)31)7-8-44(22,41)42/h9-12,15H,2-8,13-14H2,1H3,(H,35,36,37). The van der Waals surface area contributed by atoms with Gasteiger partial charge in [-0.2, -0.15) is 26.3 Å². The molecule has 1 fully saturated rings. The highest BCUT2D eigenvalue weighted by atomic mass is 32.2. The van der Waals surface area contributed by atoms with Gasteiger partial charge in [-0.3, -0.25) is 9.69 Å². The number of carbonyl (C=O) groups is 1. The quantitative estimate of drug-likeness (QED) is 0.324. The fraction of sp³-hybridized carbons (Fsp3) is 0.464. The largest absolute Gasteiger partial charge is 0.420 e. The van der Waals surface area contributed by atoms with Crippen molar-refractivity contribution in [2.24, 2.45) is 0 Å². The van der Waals surface area contributed by atoms with Crippen LogP contribution in [0.5, 0.6) is 0 Å². The molecular formula is C28H27F6N5O3S2. The van der Waals surface area contributed by atoms with E-state index in [0.29, 0.717) is 28.1 Å². The van der Waals surface area contributed by atoms with Gasteiger partial charge in [-0.1, -0.05) is 13.0 Å². The molecule has 2 aromatic heterocycles. The molecule has 4 heterocycles. The summed E-state index contributed by atoms with van der Waals surface area (Å²) >= 11 is 0.366. The maximum Gasteiger partial charge on any atom is 0.420 e. The van der Waals surface area contributed by atoms with E-state index in [-0.39, 0.29) is 16.7 Å². The van der Waals surface area contributed by atoms with Crippen molar-refractivity contribution >= 4 is 38.7 Å². The number of alkyl halides is 6. The first-order chi connectivity index (χ1) is 20.6. The molecule has 44 heavy (non-hydrogen) atoms. The molecule has 2 aliphatic heterocycles. The molecule has 3 aliphatic rings. The molecule has 0 unspecified atom stereocenters. The number of fused-ring (bicyclic) bond motifs is 2. The van der Waals surface area contributed by atoms with E-state index < -0.39 is 68.0 Å². The van der Waals surface area contributed by atoms with E-state index in [9.17, 15) is 39.6 Å². The maximum atomic E-state index is 14.1. The van der Waals surface area contributed by atoms with Crippen molar-refractivity contribution in [3.63, 3.8) is 0 Å². The summed E-state index contributed by atoms with van der Waals surface area (Å²) < 4.78 is 108. The van der Waals surface area contributed by atoms with Crippen LogP contribution in [0.3, 0.4) is 0 Å². The number of nitrogens with zero attached hydrogens (tertiary/aromatic N) is 4. The van der Waals surface area contributed by atoms with Gasteiger partial charge in [0.15, 0.2) is 9.84 Å². The zero-order valence-corrected chi connectivity index (χ0v) is 25.0. The summed E-state index contributed by atoms with van der Waals surface area (Å²) in [4.78, 5) is 22.2. The molecule has 1 aliphatic carbocycles. The molecule has 3 aromatic rings. The lowest BCUT2D eigenvalue weighted by Gasteiger charge is -2.29. The zero-order valence-electron chi connectivity index (χ0n) is 23.3. The first-order valence-corrected chi connectivity index (χ1v) is 16.4. The summed E-state index contributed by atoms with van der Waals surface area (Å²) in [6.45, 7) is 2.30. The smallest absolute Gasteiger partial charge is 0.328 e. The molecule has 1 aromatic carbocycles. The number of halogens is 6. The molecule has 1 saturated carbocycles. The minimum absolute atomic E-state index is 0.169. The lowest BCUT2D eigenvalue weighted by atomic mass is 9.94. The highest BCUT2D eigenvalue weighted by Crippen LogP contribution is 2.46. The van der Waals surface area contributed by atoms with Gasteiger partial charge in [0.25, 0.3) is 5.91 Å². The lowest BCUT2D eigenvalue weighted by Crippen LogP contribution is -2.39. The van der Waals surface area contributed by atoms with Crippen LogP contribution in [0, 0.1) is 0 Å². The van der Waals surface area contributed by atoms with Crippen LogP contribution in [-0.2, 0) is 29.0 Å². The summed E-state index contributed by atoms with van der Waals surface area (Å²) in [7, 11) is -4.28. The van der Waals surface area contributed by atoms with Gasteiger partial charge in [-0.05, 0) is 60.5 Å². The summed E-state index contributed by atoms with van der Waals surface area (Å²) in [5.74, 6) is -1.91. The van der Waals surface area contributed by atoms with Gasteiger partial charge in [-0.25, -0.2) is 18.4 Å². The Morgan fingerprint density at radius 2 is 1.82 bits per heavy atom. The number of nitrogens with one attached hydrogen (secondary N) is 1. The van der Waals surface area contributed by atoms with E-state index >= 15 is 0 Å². The molecule has 236 valence electrons. The molecule has 0 spiro atoms. The number of carbonyl (C=O) groups excluding carboxylic acids is 1. The molecule has 6 rings (SSSR count). The third-order valence-electron chi connectivity index (χ3n) is 8.02. The van der Waals surface area contributed by atoms with Crippen LogP contribution < -0.4 is 5.32 Å². The van der Waals surface area contributed by atoms with Gasteiger partial charge in [-0.15, -0.1) is 11.3 Å². The van der Waals surface area contributed by atoms with Crippen molar-refractivity contribution in [2.45, 2.75) is 55.9 Å². The Labute approximate surface area is 253 Å². The topological polar surface area (TPSA) is 95.5 Å². The monoisotopic (exact) mass is 659 g/mol. The molecule has 0 bridgehead atoms. The summed E-state index contributed by atoms with van der Waals surface area (Å²) in [5, 5.41) is 3.07. The fourth-order valence-electron chi connectivity index (χ4n) is 5.58. The summed E-state index contributed by atoms with van der Waals surface area (Å²) in [6, 6.07) is 4.99. The van der Waals surface area contributed by atoms with Gasteiger partial charge in [0.1, 0.15) is 17.0 Å². The third kappa shape index (κ3) is 6.15. The molecule has 1 N–H and O–H groups in total. The molecular weight excluding hydrogens is 632 g/mol. The molecule has 16 heteroatoms. The summed E-state index contributed by atoms with van der Waals surface area (Å²) in [6.07, 6.45) is -6.42. The Kier molecular flexibility index (Phi) is 7.68. The predicted molar refractivity (Wildman–Crippen MR) is 151 cm³/mol. The average molecular weight is 660 g/mol. The number of thiophene rings is 1. The lowest BCUT2D eigenvalue weighted by molar-refractivity contribution is -0.140. The minimum Gasteiger partial charge on any atom is -0.328 e. The first-order valence-electron chi connectivity index (χ1n) is 13.9. The minimum atomic E-state index is -4.95. The number of sulfone groups is 1. The molecule has 8 nitrogen and oxygen atoms in total. The Morgan fingerprint density at radius 1 is 1.07 bits per heavy atom. The average Bonchev–Trinajstić information content (AvgIpc) is 3.70. The number of amides is 1. The second-order valence-electron chi connectivity index (χ2n) is 11.1. The summed E-state index contributed by atoms with van der Waals surface area (Å²) in [5.41, 5.74) is 2.04. The SMILES string of the molecule is CCN1CCc2cc(Nc3ncc(C(F)(F)F)c(-c4cc5c(s4)C(=O)N(CC(F)(F)F)CCS5(=O)=O)n3)c(C3CC3)cc2C1. The van der Waals surface area contributed by atoms with Crippen LogP contribution in [0.4, 0.5) is 38.0 Å². The third-order valence-corrected chi connectivity index (χ3v) is 11.0. The van der Waals surface area contributed by atoms with Crippen LogP contribution in [0.25, 0.3) is 10.6 Å². The number of aromatic nitrogens is 2. The van der Waals surface area contributed by atoms with E-state index in [2.05, 4.69) is 33.2 Å². The number of hydrogen-bond acceptors (Lipinski definition) is 8. The van der Waals surface area contributed by atoms with Gasteiger partial charge >= 0.3 is 12.4 Å². The van der Waals surface area contributed by atoms with Gasteiger partial charge in [0.2, 0.25) is 5.95 Å². The van der Waals surface area contributed by atoms with E-state index in [1.807, 2.05) is 6.07 Å². The van der Waals surface area contributed by atoms with E-state index in [4.69, 9.17) is 0 Å². The van der Waals surface area contributed by atoms with Gasteiger partial charge < -0.3 is 10.2 Å². The van der Waals surface area contributed by atoms with Gasteiger partial charge in [0, 0.05) is 31.5 Å². The zero-order chi connectivity index (χ0) is 31.6. The van der Waals surface area contributed by atoms with Crippen LogP contribution in [0.2, 0.25) is 0 Å². The molecule has 0 saturated heterocycles. The Hall–Kier alpha value is -3.24. The Morgan fingerprint density at radius 3 is 2.48 bits per heavy atom. The second kappa shape index (κ2) is 11.0. The number of anilines is 2. The van der Waals surface area contributed by atoms with Crippen molar-refractivity contribution < 1.29 is 39.6 Å². The van der Waals surface area contributed by atoms with Crippen molar-refractivity contribution in [1.82, 2.24) is 19.8 Å². The fourth-order valence-corrected chi connectivity index (χ4v) is 8.53. The van der Waals surface area contributed by atoms with Crippen LogP contribution >= 0.6 is 11.3 Å². The normalized spacial score (nSPS) is 19.0. The number of rotatable bonds is 6. The van der Waals surface area contributed by atoms with Crippen molar-refractivity contribution in [1.29, 1.82) is 0 Å². The van der Waals surface area contributed by atoms with Crippen molar-refractivity contribution in [3.8, 4) is 10.6 Å². The first kappa shape index (κ1) is 30.8. The van der Waals surface area contributed by atoms with Gasteiger partial charge in [0.05, 0.1) is 21.2 Å². The van der Waals surface area contributed by atoms with Crippen molar-refractivity contribution in [3.05, 3.63) is 51.5 Å². The van der Waals surface area contributed by atoms with E-state index in [1.54, 1.807) is 0 Å². The highest BCUT2D eigenvalue weighted by molar-refractivity contribution is 7.91. The maximum absolute atomic E-state index is 14.1. The Balaban J connectivity index is 1.41. The molecule has 0 radical (unpaired) electrons. The van der Waals surface area contributed by atoms with E-state index in [1.165, 1.54) is 5.56 Å². The highest BCUT2D eigenvalue weighted by Gasteiger charge is 2.41. The number of hydrogen-bond donors (Lipinski definition) is 1. The predicted octanol–water partition coefficient (Wildman–Crippen LogP) is 6.01. The van der Waals surface area contributed by atoms with E-state index in [0.717, 1.165) is 56.1 Å². The van der Waals surface area contributed by atoms with Crippen LogP contribution in [-0.4, -0.2) is 72.2 Å². The van der Waals surface area contributed by atoms with Crippen molar-refractivity contribution in [2.75, 3.05) is 37.2 Å². The van der Waals surface area contributed by atoms with Crippen LogP contribution in [0.15, 0.2) is 29.3 Å². The number of likely N-dealkylation sites (N-methyl/N-ethyl adjacent to an activating group) is 1. The molecule has 0 atom stereocenters. The molecule has 1 amide bonds. The Bertz CT molecular complexity index is 1730. The number of benzene rings is 1. The second-order valence-corrected chi connectivity index (χ2v) is 14.3.